The van der Waals surface area contributed by atoms with Crippen molar-refractivity contribution < 1.29 is 23.1 Å². The van der Waals surface area contributed by atoms with Crippen molar-refractivity contribution in [2.75, 3.05) is 17.7 Å². The smallest absolute Gasteiger partial charge is 0.411 e. The van der Waals surface area contributed by atoms with Crippen LogP contribution in [0.3, 0.4) is 0 Å². The van der Waals surface area contributed by atoms with E-state index in [0.29, 0.717) is 11.5 Å². The molecule has 2 aromatic carbocycles. The average Bonchev–Trinajstić information content (AvgIpc) is 3.46. The SMILES string of the molecule is COC(=O)Nc1cc(NC(=O)c2nc(-c3cccs3)n(-c3cccc(F)c3)n2)ccc1F. The fourth-order valence-electron chi connectivity index (χ4n) is 2.81. The van der Waals surface area contributed by atoms with Crippen LogP contribution in [-0.4, -0.2) is 33.9 Å². The van der Waals surface area contributed by atoms with Crippen LogP contribution in [0.1, 0.15) is 10.6 Å². The van der Waals surface area contributed by atoms with Crippen LogP contribution in [-0.2, 0) is 4.74 Å². The minimum Gasteiger partial charge on any atom is -0.453 e. The maximum Gasteiger partial charge on any atom is 0.411 e. The largest absolute Gasteiger partial charge is 0.453 e. The van der Waals surface area contributed by atoms with Gasteiger partial charge < -0.3 is 10.1 Å². The van der Waals surface area contributed by atoms with Crippen LogP contribution >= 0.6 is 11.3 Å². The van der Waals surface area contributed by atoms with Gasteiger partial charge in [-0.05, 0) is 47.8 Å². The second-order valence-electron chi connectivity index (χ2n) is 6.39. The molecule has 0 aliphatic heterocycles. The van der Waals surface area contributed by atoms with E-state index in [0.717, 1.165) is 18.1 Å². The van der Waals surface area contributed by atoms with Gasteiger partial charge in [0.1, 0.15) is 11.6 Å². The minimum absolute atomic E-state index is 0.174. The van der Waals surface area contributed by atoms with Gasteiger partial charge >= 0.3 is 6.09 Å². The summed E-state index contributed by atoms with van der Waals surface area (Å²) in [5, 5.41) is 10.9. The number of carbonyl (C=O) groups is 2. The van der Waals surface area contributed by atoms with E-state index in [4.69, 9.17) is 0 Å². The third-order valence-electron chi connectivity index (χ3n) is 4.25. The number of nitrogens with one attached hydrogen (secondary N) is 2. The summed E-state index contributed by atoms with van der Waals surface area (Å²) in [6, 6.07) is 13.0. The molecule has 0 bridgehead atoms. The number of benzene rings is 2. The van der Waals surface area contributed by atoms with Crippen molar-refractivity contribution in [1.82, 2.24) is 14.8 Å². The van der Waals surface area contributed by atoms with Gasteiger partial charge in [-0.15, -0.1) is 16.4 Å². The molecule has 0 saturated carbocycles. The quantitative estimate of drug-likeness (QED) is 0.454. The highest BCUT2D eigenvalue weighted by atomic mass is 32.1. The maximum atomic E-state index is 13.9. The second kappa shape index (κ2) is 8.94. The summed E-state index contributed by atoms with van der Waals surface area (Å²) < 4.78 is 33.5. The number of halogens is 2. The first-order chi connectivity index (χ1) is 15.4. The van der Waals surface area contributed by atoms with Crippen molar-refractivity contribution >= 4 is 34.7 Å². The van der Waals surface area contributed by atoms with Gasteiger partial charge in [-0.3, -0.25) is 10.1 Å². The van der Waals surface area contributed by atoms with Gasteiger partial charge in [0.05, 0.1) is 23.4 Å². The normalized spacial score (nSPS) is 10.6. The number of thiophene rings is 1. The van der Waals surface area contributed by atoms with E-state index >= 15 is 0 Å². The van der Waals surface area contributed by atoms with E-state index in [2.05, 4.69) is 25.5 Å². The lowest BCUT2D eigenvalue weighted by Crippen LogP contribution is -2.16. The molecule has 2 amide bonds. The second-order valence-corrected chi connectivity index (χ2v) is 7.34. The number of aromatic nitrogens is 3. The number of anilines is 2. The molecule has 0 aliphatic carbocycles. The van der Waals surface area contributed by atoms with Crippen LogP contribution < -0.4 is 10.6 Å². The highest BCUT2D eigenvalue weighted by Crippen LogP contribution is 2.26. The van der Waals surface area contributed by atoms with Crippen LogP contribution in [0, 0.1) is 11.6 Å². The Morgan fingerprint density at radius 2 is 1.91 bits per heavy atom. The predicted octanol–water partition coefficient (Wildman–Crippen LogP) is 4.70. The molecule has 162 valence electrons. The maximum absolute atomic E-state index is 13.9. The molecule has 8 nitrogen and oxygen atoms in total. The number of nitrogens with zero attached hydrogens (tertiary/aromatic N) is 3. The number of hydrogen-bond acceptors (Lipinski definition) is 6. The van der Waals surface area contributed by atoms with Gasteiger partial charge in [0.15, 0.2) is 5.82 Å². The number of amides is 2. The summed E-state index contributed by atoms with van der Waals surface area (Å²) >= 11 is 1.39. The number of ether oxygens (including phenoxy) is 1. The summed E-state index contributed by atoms with van der Waals surface area (Å²) in [6.07, 6.45) is -0.858. The summed E-state index contributed by atoms with van der Waals surface area (Å²) in [7, 11) is 1.14. The zero-order chi connectivity index (χ0) is 22.7. The molecule has 0 fully saturated rings. The Bertz CT molecular complexity index is 1290. The highest BCUT2D eigenvalue weighted by Gasteiger charge is 2.20. The van der Waals surface area contributed by atoms with Crippen molar-refractivity contribution in [3.05, 3.63) is 77.4 Å². The molecule has 2 aromatic heterocycles. The summed E-state index contributed by atoms with van der Waals surface area (Å²) in [5.74, 6) is -1.65. The van der Waals surface area contributed by atoms with Gasteiger partial charge in [-0.25, -0.2) is 23.2 Å². The van der Waals surface area contributed by atoms with Crippen molar-refractivity contribution in [2.45, 2.75) is 0 Å². The minimum atomic E-state index is -0.858. The molecule has 32 heavy (non-hydrogen) atoms. The van der Waals surface area contributed by atoms with Crippen molar-refractivity contribution in [3.8, 4) is 16.4 Å². The van der Waals surface area contributed by atoms with Gasteiger partial charge in [0, 0.05) is 5.69 Å². The van der Waals surface area contributed by atoms with E-state index in [-0.39, 0.29) is 17.2 Å². The summed E-state index contributed by atoms with van der Waals surface area (Å²) in [5.41, 5.74) is 0.418. The van der Waals surface area contributed by atoms with Crippen LogP contribution in [0.2, 0.25) is 0 Å². The molecule has 4 aromatic rings. The standard InChI is InChI=1S/C21H15F2N5O3S/c1-31-21(30)25-16-11-13(7-8-15(16)23)24-20(29)18-26-19(17-6-3-9-32-17)28(27-18)14-5-2-4-12(22)10-14/h2-11H,1H3,(H,24,29)(H,25,30). The lowest BCUT2D eigenvalue weighted by molar-refractivity contribution is 0.101. The number of rotatable bonds is 5. The Labute approximate surface area is 184 Å². The molecule has 0 spiro atoms. The highest BCUT2D eigenvalue weighted by molar-refractivity contribution is 7.13. The van der Waals surface area contributed by atoms with E-state index in [1.807, 2.05) is 11.4 Å². The first-order valence-corrected chi connectivity index (χ1v) is 10.1. The van der Waals surface area contributed by atoms with Crippen LogP contribution in [0.4, 0.5) is 25.0 Å². The van der Waals surface area contributed by atoms with Crippen LogP contribution in [0.25, 0.3) is 16.4 Å². The Balaban J connectivity index is 1.66. The molecule has 2 N–H and O–H groups in total. The average molecular weight is 455 g/mol. The lowest BCUT2D eigenvalue weighted by Gasteiger charge is -2.08. The third-order valence-corrected chi connectivity index (χ3v) is 5.12. The molecule has 0 atom stereocenters. The third kappa shape index (κ3) is 4.47. The molecular formula is C21H15F2N5O3S. The summed E-state index contributed by atoms with van der Waals surface area (Å²) in [6.45, 7) is 0. The fourth-order valence-corrected chi connectivity index (χ4v) is 3.51. The first kappa shape index (κ1) is 21.1. The van der Waals surface area contributed by atoms with Crippen molar-refractivity contribution in [2.24, 2.45) is 0 Å². The molecule has 0 unspecified atom stereocenters. The van der Waals surface area contributed by atoms with Gasteiger partial charge in [-0.1, -0.05) is 12.1 Å². The number of methoxy groups -OCH3 is 1. The number of hydrogen-bond donors (Lipinski definition) is 2. The van der Waals surface area contributed by atoms with Crippen LogP contribution in [0.5, 0.6) is 0 Å². The molecule has 0 radical (unpaired) electrons. The molecule has 4 rings (SSSR count). The lowest BCUT2D eigenvalue weighted by atomic mass is 10.2. The van der Waals surface area contributed by atoms with Gasteiger partial charge in [0.2, 0.25) is 5.82 Å². The molecule has 11 heteroatoms. The zero-order valence-corrected chi connectivity index (χ0v) is 17.3. The molecule has 0 saturated heterocycles. The summed E-state index contributed by atoms with van der Waals surface area (Å²) in [4.78, 5) is 29.2. The zero-order valence-electron chi connectivity index (χ0n) is 16.5. The predicted molar refractivity (Wildman–Crippen MR) is 115 cm³/mol. The van der Waals surface area contributed by atoms with E-state index < -0.39 is 23.6 Å². The Morgan fingerprint density at radius 1 is 1.06 bits per heavy atom. The van der Waals surface area contributed by atoms with Crippen molar-refractivity contribution in [3.63, 3.8) is 0 Å². The molecular weight excluding hydrogens is 440 g/mol. The van der Waals surface area contributed by atoms with Gasteiger partial charge in [0.25, 0.3) is 5.91 Å². The topological polar surface area (TPSA) is 98.1 Å². The monoisotopic (exact) mass is 455 g/mol. The van der Waals surface area contributed by atoms with Crippen molar-refractivity contribution in [1.29, 1.82) is 0 Å². The molecule has 2 heterocycles. The Morgan fingerprint density at radius 3 is 2.62 bits per heavy atom. The number of carbonyl (C=O) groups excluding carboxylic acids is 2. The molecule has 0 aliphatic rings. The fraction of sp³-hybridized carbons (Fsp3) is 0.0476. The van der Waals surface area contributed by atoms with E-state index in [1.165, 1.54) is 46.4 Å². The van der Waals surface area contributed by atoms with E-state index in [1.54, 1.807) is 12.1 Å². The Hall–Kier alpha value is -4.12. The van der Waals surface area contributed by atoms with Crippen LogP contribution in [0.15, 0.2) is 60.0 Å². The Kier molecular flexibility index (Phi) is 5.90. The van der Waals surface area contributed by atoms with Gasteiger partial charge in [-0.2, -0.15) is 0 Å². The first-order valence-electron chi connectivity index (χ1n) is 9.17. The van der Waals surface area contributed by atoms with E-state index in [9.17, 15) is 18.4 Å².